The number of hydrogen-bond donors (Lipinski definition) is 1. The third-order valence-corrected chi connectivity index (χ3v) is 3.45. The smallest absolute Gasteiger partial charge is 0.0597 e. The lowest BCUT2D eigenvalue weighted by molar-refractivity contribution is 0.622. The Kier molecular flexibility index (Phi) is 4.33. The average molecular weight is 254 g/mol. The summed E-state index contributed by atoms with van der Waals surface area (Å²) in [4.78, 5) is 4.25. The fraction of sp³-hybridized carbons (Fsp3) is 0.353. The van der Waals surface area contributed by atoms with E-state index in [-0.39, 0.29) is 6.04 Å². The zero-order valence-corrected chi connectivity index (χ0v) is 12.2. The predicted octanol–water partition coefficient (Wildman–Crippen LogP) is 3.71. The number of rotatable bonds is 4. The van der Waals surface area contributed by atoms with Gasteiger partial charge in [0.25, 0.3) is 0 Å². The molecule has 0 aliphatic carbocycles. The van der Waals surface area contributed by atoms with Crippen molar-refractivity contribution in [1.29, 1.82) is 0 Å². The van der Waals surface area contributed by atoms with E-state index >= 15 is 0 Å². The summed E-state index contributed by atoms with van der Waals surface area (Å²) >= 11 is 0. The van der Waals surface area contributed by atoms with E-state index in [1.54, 1.807) is 0 Å². The molecule has 0 aliphatic rings. The van der Waals surface area contributed by atoms with Gasteiger partial charge in [0.2, 0.25) is 0 Å². The summed E-state index contributed by atoms with van der Waals surface area (Å²) in [6.07, 6.45) is 3.77. The molecule has 0 saturated heterocycles. The molecule has 0 spiro atoms. The van der Waals surface area contributed by atoms with Gasteiger partial charge in [0.05, 0.1) is 6.04 Å². The largest absolute Gasteiger partial charge is 0.306 e. The minimum Gasteiger partial charge on any atom is -0.306 e. The van der Waals surface area contributed by atoms with Crippen LogP contribution in [0.15, 0.2) is 36.7 Å². The van der Waals surface area contributed by atoms with Gasteiger partial charge in [0.15, 0.2) is 0 Å². The summed E-state index contributed by atoms with van der Waals surface area (Å²) in [7, 11) is 0. The van der Waals surface area contributed by atoms with E-state index in [0.717, 1.165) is 6.54 Å². The van der Waals surface area contributed by atoms with E-state index in [2.05, 4.69) is 56.2 Å². The van der Waals surface area contributed by atoms with Crippen LogP contribution in [0.25, 0.3) is 0 Å². The van der Waals surface area contributed by atoms with Crippen molar-refractivity contribution in [2.75, 3.05) is 6.54 Å². The second-order valence-corrected chi connectivity index (χ2v) is 5.09. The van der Waals surface area contributed by atoms with Crippen LogP contribution in [0, 0.1) is 20.8 Å². The molecular formula is C17H22N2. The molecule has 0 fully saturated rings. The zero-order valence-electron chi connectivity index (χ0n) is 12.2. The molecule has 0 amide bonds. The number of aryl methyl sites for hydroxylation is 3. The SMILES string of the molecule is CCNC(c1cccnc1)c1c(C)cc(C)cc1C. The van der Waals surface area contributed by atoms with Gasteiger partial charge in [-0.1, -0.05) is 30.7 Å². The first-order valence-corrected chi connectivity index (χ1v) is 6.84. The summed E-state index contributed by atoms with van der Waals surface area (Å²) in [5.74, 6) is 0. The molecule has 1 unspecified atom stereocenters. The highest BCUT2D eigenvalue weighted by atomic mass is 14.9. The molecule has 19 heavy (non-hydrogen) atoms. The van der Waals surface area contributed by atoms with Crippen LogP contribution >= 0.6 is 0 Å². The van der Waals surface area contributed by atoms with Crippen LogP contribution in [-0.2, 0) is 0 Å². The Morgan fingerprint density at radius 2 is 1.84 bits per heavy atom. The van der Waals surface area contributed by atoms with Crippen molar-refractivity contribution in [2.45, 2.75) is 33.7 Å². The van der Waals surface area contributed by atoms with E-state index in [9.17, 15) is 0 Å². The van der Waals surface area contributed by atoms with Crippen molar-refractivity contribution < 1.29 is 0 Å². The highest BCUT2D eigenvalue weighted by Gasteiger charge is 2.17. The normalized spacial score (nSPS) is 12.4. The fourth-order valence-electron chi connectivity index (χ4n) is 2.78. The van der Waals surface area contributed by atoms with Gasteiger partial charge in [-0.3, -0.25) is 4.98 Å². The molecule has 2 nitrogen and oxygen atoms in total. The lowest BCUT2D eigenvalue weighted by atomic mass is 9.90. The zero-order chi connectivity index (χ0) is 13.8. The van der Waals surface area contributed by atoms with E-state index in [4.69, 9.17) is 0 Å². The summed E-state index contributed by atoms with van der Waals surface area (Å²) in [5.41, 5.74) is 6.60. The Morgan fingerprint density at radius 3 is 2.37 bits per heavy atom. The Balaban J connectivity index is 2.51. The third-order valence-electron chi connectivity index (χ3n) is 3.45. The van der Waals surface area contributed by atoms with Crippen LogP contribution in [-0.4, -0.2) is 11.5 Å². The summed E-state index contributed by atoms with van der Waals surface area (Å²) < 4.78 is 0. The van der Waals surface area contributed by atoms with Gasteiger partial charge in [-0.15, -0.1) is 0 Å². The molecule has 0 radical (unpaired) electrons. The van der Waals surface area contributed by atoms with E-state index in [0.29, 0.717) is 0 Å². The van der Waals surface area contributed by atoms with Gasteiger partial charge >= 0.3 is 0 Å². The monoisotopic (exact) mass is 254 g/mol. The highest BCUT2D eigenvalue weighted by Crippen LogP contribution is 2.28. The fourth-order valence-corrected chi connectivity index (χ4v) is 2.78. The van der Waals surface area contributed by atoms with Crippen LogP contribution in [0.1, 0.15) is 40.8 Å². The lowest BCUT2D eigenvalue weighted by Crippen LogP contribution is -2.23. The Hall–Kier alpha value is -1.67. The van der Waals surface area contributed by atoms with Crippen molar-refractivity contribution in [2.24, 2.45) is 0 Å². The predicted molar refractivity (Wildman–Crippen MR) is 80.4 cm³/mol. The number of benzene rings is 1. The maximum absolute atomic E-state index is 4.25. The molecule has 0 bridgehead atoms. The van der Waals surface area contributed by atoms with Gasteiger partial charge in [-0.05, 0) is 55.6 Å². The molecule has 1 heterocycles. The molecule has 0 aliphatic heterocycles. The van der Waals surface area contributed by atoms with Crippen LogP contribution in [0.4, 0.5) is 0 Å². The molecule has 1 aromatic carbocycles. The van der Waals surface area contributed by atoms with Gasteiger partial charge < -0.3 is 5.32 Å². The van der Waals surface area contributed by atoms with Crippen molar-refractivity contribution in [3.63, 3.8) is 0 Å². The first kappa shape index (κ1) is 13.8. The van der Waals surface area contributed by atoms with E-state index < -0.39 is 0 Å². The summed E-state index contributed by atoms with van der Waals surface area (Å²) in [6.45, 7) is 9.61. The average Bonchev–Trinajstić information content (AvgIpc) is 2.37. The molecular weight excluding hydrogens is 232 g/mol. The third kappa shape index (κ3) is 3.02. The molecule has 2 heteroatoms. The number of nitrogens with zero attached hydrogens (tertiary/aromatic N) is 1. The van der Waals surface area contributed by atoms with Gasteiger partial charge in [0, 0.05) is 12.4 Å². The molecule has 0 saturated carbocycles. The van der Waals surface area contributed by atoms with E-state index in [1.165, 1.54) is 27.8 Å². The highest BCUT2D eigenvalue weighted by molar-refractivity contribution is 5.43. The molecule has 1 N–H and O–H groups in total. The molecule has 100 valence electrons. The Labute approximate surface area is 115 Å². The number of hydrogen-bond acceptors (Lipinski definition) is 2. The van der Waals surface area contributed by atoms with Crippen molar-refractivity contribution >= 4 is 0 Å². The van der Waals surface area contributed by atoms with Gasteiger partial charge in [-0.25, -0.2) is 0 Å². The van der Waals surface area contributed by atoms with Crippen LogP contribution < -0.4 is 5.32 Å². The van der Waals surface area contributed by atoms with Crippen LogP contribution in [0.2, 0.25) is 0 Å². The van der Waals surface area contributed by atoms with Gasteiger partial charge in [0.1, 0.15) is 0 Å². The van der Waals surface area contributed by atoms with Gasteiger partial charge in [-0.2, -0.15) is 0 Å². The van der Waals surface area contributed by atoms with Crippen molar-refractivity contribution in [3.8, 4) is 0 Å². The summed E-state index contributed by atoms with van der Waals surface area (Å²) in [6, 6.07) is 8.86. The molecule has 2 aromatic rings. The number of aromatic nitrogens is 1. The van der Waals surface area contributed by atoms with E-state index in [1.807, 2.05) is 18.5 Å². The maximum atomic E-state index is 4.25. The lowest BCUT2D eigenvalue weighted by Gasteiger charge is -2.23. The second-order valence-electron chi connectivity index (χ2n) is 5.09. The first-order chi connectivity index (χ1) is 9.13. The number of nitrogens with one attached hydrogen (secondary N) is 1. The first-order valence-electron chi connectivity index (χ1n) is 6.84. The second kappa shape index (κ2) is 5.98. The molecule has 1 atom stereocenters. The minimum atomic E-state index is 0.222. The van der Waals surface area contributed by atoms with Crippen LogP contribution in [0.3, 0.4) is 0 Å². The minimum absolute atomic E-state index is 0.222. The standard InChI is InChI=1S/C17H22N2/c1-5-19-17(15-7-6-8-18-11-15)16-13(3)9-12(2)10-14(16)4/h6-11,17,19H,5H2,1-4H3. The van der Waals surface area contributed by atoms with Crippen LogP contribution in [0.5, 0.6) is 0 Å². The molecule has 1 aromatic heterocycles. The van der Waals surface area contributed by atoms with Crippen molar-refractivity contribution in [1.82, 2.24) is 10.3 Å². The summed E-state index contributed by atoms with van der Waals surface area (Å²) in [5, 5.41) is 3.58. The molecule has 2 rings (SSSR count). The Bertz CT molecular complexity index is 523. The van der Waals surface area contributed by atoms with Crippen molar-refractivity contribution in [3.05, 3.63) is 64.5 Å². The Morgan fingerprint density at radius 1 is 1.16 bits per heavy atom. The topological polar surface area (TPSA) is 24.9 Å². The number of pyridine rings is 1. The maximum Gasteiger partial charge on any atom is 0.0597 e. The quantitative estimate of drug-likeness (QED) is 0.899.